The van der Waals surface area contributed by atoms with Crippen molar-refractivity contribution in [3.8, 4) is 0 Å². The third-order valence-electron chi connectivity index (χ3n) is 2.14. The maximum Gasteiger partial charge on any atom is 0.327 e. The van der Waals surface area contributed by atoms with Gasteiger partial charge in [-0.15, -0.1) is 0 Å². The maximum absolute atomic E-state index is 10.8. The van der Waals surface area contributed by atoms with E-state index in [1.54, 1.807) is 7.11 Å². The lowest BCUT2D eigenvalue weighted by molar-refractivity contribution is -0.140. The number of thioether (sulfide) groups is 1. The highest BCUT2D eigenvalue weighted by Gasteiger charge is 2.17. The van der Waals surface area contributed by atoms with Gasteiger partial charge in [0, 0.05) is 25.5 Å². The molecule has 0 aliphatic rings. The Balaban J connectivity index is 3.41. The van der Waals surface area contributed by atoms with Gasteiger partial charge in [-0.1, -0.05) is 0 Å². The monoisotopic (exact) mass is 309 g/mol. The van der Waals surface area contributed by atoms with E-state index in [2.05, 4.69) is 5.32 Å². The molecule has 2 N–H and O–H groups in total. The molecular formula is C12H23NO6S. The predicted molar refractivity (Wildman–Crippen MR) is 76.1 cm³/mol. The fourth-order valence-corrected chi connectivity index (χ4v) is 2.07. The molecule has 7 nitrogen and oxygen atoms in total. The summed E-state index contributed by atoms with van der Waals surface area (Å²) in [6, 6.07) is -0.852. The Hall–Kier alpha value is -0.830. The first-order valence-corrected chi connectivity index (χ1v) is 7.45. The van der Waals surface area contributed by atoms with Gasteiger partial charge < -0.3 is 24.6 Å². The van der Waals surface area contributed by atoms with E-state index in [-0.39, 0.29) is 5.91 Å². The fourth-order valence-electron chi connectivity index (χ4n) is 1.20. The molecule has 20 heavy (non-hydrogen) atoms. The standard InChI is InChI=1S/C12H23NO6S/c1-10(14)13-11(12(15)16)9-20-8-7-19-6-5-18-4-3-17-2/h11H,3-9H2,1-2H3,(H,13,14)(H,15,16). The number of carbonyl (C=O) groups is 2. The number of amides is 1. The van der Waals surface area contributed by atoms with Crippen LogP contribution in [-0.4, -0.2) is 74.7 Å². The Morgan fingerprint density at radius 1 is 1.15 bits per heavy atom. The van der Waals surface area contributed by atoms with Gasteiger partial charge >= 0.3 is 5.97 Å². The van der Waals surface area contributed by atoms with E-state index >= 15 is 0 Å². The van der Waals surface area contributed by atoms with Gasteiger partial charge in [0.2, 0.25) is 5.91 Å². The lowest BCUT2D eigenvalue weighted by atomic mass is 10.3. The molecule has 0 aliphatic carbocycles. The van der Waals surface area contributed by atoms with E-state index < -0.39 is 12.0 Å². The van der Waals surface area contributed by atoms with Crippen molar-refractivity contribution >= 4 is 23.6 Å². The van der Waals surface area contributed by atoms with Gasteiger partial charge in [-0.05, 0) is 0 Å². The minimum absolute atomic E-state index is 0.322. The van der Waals surface area contributed by atoms with Crippen molar-refractivity contribution in [2.24, 2.45) is 0 Å². The molecule has 0 radical (unpaired) electrons. The summed E-state index contributed by atoms with van der Waals surface area (Å²) in [5.74, 6) is -0.382. The molecule has 0 saturated heterocycles. The van der Waals surface area contributed by atoms with E-state index in [4.69, 9.17) is 19.3 Å². The summed E-state index contributed by atoms with van der Waals surface area (Å²) in [6.07, 6.45) is 0. The number of carboxylic acids is 1. The van der Waals surface area contributed by atoms with Crippen LogP contribution in [0.2, 0.25) is 0 Å². The van der Waals surface area contributed by atoms with E-state index in [1.165, 1.54) is 18.7 Å². The van der Waals surface area contributed by atoms with Crippen LogP contribution in [0.1, 0.15) is 6.92 Å². The van der Waals surface area contributed by atoms with E-state index in [9.17, 15) is 9.59 Å². The van der Waals surface area contributed by atoms with E-state index in [0.717, 1.165) is 0 Å². The van der Waals surface area contributed by atoms with Crippen LogP contribution in [0, 0.1) is 0 Å². The average molecular weight is 309 g/mol. The number of hydrogen-bond donors (Lipinski definition) is 2. The molecule has 0 bridgehead atoms. The van der Waals surface area contributed by atoms with Gasteiger partial charge in [0.1, 0.15) is 6.04 Å². The van der Waals surface area contributed by atoms with Crippen molar-refractivity contribution in [3.63, 3.8) is 0 Å². The van der Waals surface area contributed by atoms with Crippen molar-refractivity contribution in [3.05, 3.63) is 0 Å². The van der Waals surface area contributed by atoms with Crippen molar-refractivity contribution in [2.45, 2.75) is 13.0 Å². The number of rotatable bonds is 13. The molecule has 1 atom stereocenters. The van der Waals surface area contributed by atoms with Crippen molar-refractivity contribution < 1.29 is 28.9 Å². The number of carboxylic acid groups (broad SMARTS) is 1. The van der Waals surface area contributed by atoms with Crippen LogP contribution in [0.25, 0.3) is 0 Å². The second-order valence-corrected chi connectivity index (χ2v) is 5.03. The number of methoxy groups -OCH3 is 1. The molecule has 0 spiro atoms. The SMILES string of the molecule is COCCOCCOCCSCC(NC(C)=O)C(=O)O. The van der Waals surface area contributed by atoms with Gasteiger partial charge in [-0.25, -0.2) is 4.79 Å². The van der Waals surface area contributed by atoms with E-state index in [0.29, 0.717) is 44.5 Å². The van der Waals surface area contributed by atoms with Crippen LogP contribution in [-0.2, 0) is 23.8 Å². The van der Waals surface area contributed by atoms with Gasteiger partial charge in [0.15, 0.2) is 0 Å². The maximum atomic E-state index is 10.8. The van der Waals surface area contributed by atoms with Crippen molar-refractivity contribution in [2.75, 3.05) is 51.6 Å². The quantitative estimate of drug-likeness (QED) is 0.462. The van der Waals surface area contributed by atoms with Gasteiger partial charge in [-0.3, -0.25) is 4.79 Å². The molecule has 0 fully saturated rings. The molecule has 0 aromatic rings. The number of hydrogen-bond acceptors (Lipinski definition) is 6. The molecule has 1 amide bonds. The molecule has 0 heterocycles. The van der Waals surface area contributed by atoms with Crippen LogP contribution in [0.3, 0.4) is 0 Å². The molecule has 118 valence electrons. The summed E-state index contributed by atoms with van der Waals surface area (Å²) in [4.78, 5) is 21.6. The number of carbonyl (C=O) groups excluding carboxylic acids is 1. The Morgan fingerprint density at radius 2 is 1.75 bits per heavy atom. The molecular weight excluding hydrogens is 286 g/mol. The summed E-state index contributed by atoms with van der Waals surface area (Å²) in [7, 11) is 1.61. The molecule has 1 unspecified atom stereocenters. The Morgan fingerprint density at radius 3 is 2.30 bits per heavy atom. The number of ether oxygens (including phenoxy) is 3. The third kappa shape index (κ3) is 12.2. The smallest absolute Gasteiger partial charge is 0.327 e. The van der Waals surface area contributed by atoms with E-state index in [1.807, 2.05) is 0 Å². The van der Waals surface area contributed by atoms with Crippen LogP contribution in [0.15, 0.2) is 0 Å². The number of nitrogens with one attached hydrogen (secondary N) is 1. The molecule has 0 rings (SSSR count). The zero-order chi connectivity index (χ0) is 15.2. The van der Waals surface area contributed by atoms with Crippen LogP contribution in [0.4, 0.5) is 0 Å². The molecule has 8 heteroatoms. The highest BCUT2D eigenvalue weighted by atomic mass is 32.2. The van der Waals surface area contributed by atoms with Crippen molar-refractivity contribution in [1.29, 1.82) is 0 Å². The number of aliphatic carboxylic acids is 1. The predicted octanol–water partition coefficient (Wildman–Crippen LogP) is -0.0115. The minimum atomic E-state index is -1.03. The molecule has 0 aliphatic heterocycles. The van der Waals surface area contributed by atoms with Gasteiger partial charge in [-0.2, -0.15) is 11.8 Å². The lowest BCUT2D eigenvalue weighted by Crippen LogP contribution is -2.41. The van der Waals surface area contributed by atoms with Crippen LogP contribution < -0.4 is 5.32 Å². The summed E-state index contributed by atoms with van der Waals surface area (Å²) < 4.78 is 15.4. The Bertz CT molecular complexity index is 277. The fraction of sp³-hybridized carbons (Fsp3) is 0.833. The third-order valence-corrected chi connectivity index (χ3v) is 3.16. The Kier molecular flexibility index (Phi) is 12.6. The van der Waals surface area contributed by atoms with Gasteiger partial charge in [0.05, 0.1) is 33.0 Å². The van der Waals surface area contributed by atoms with Crippen molar-refractivity contribution in [1.82, 2.24) is 5.32 Å². The summed E-state index contributed by atoms with van der Waals surface area (Å²) in [5, 5.41) is 11.3. The first-order valence-electron chi connectivity index (χ1n) is 6.30. The molecule has 0 aromatic heterocycles. The molecule has 0 saturated carbocycles. The normalized spacial score (nSPS) is 12.1. The highest BCUT2D eigenvalue weighted by Crippen LogP contribution is 2.03. The Labute approximate surface area is 123 Å². The summed E-state index contributed by atoms with van der Waals surface area (Å²) >= 11 is 1.42. The summed E-state index contributed by atoms with van der Waals surface area (Å²) in [5.41, 5.74) is 0. The largest absolute Gasteiger partial charge is 0.480 e. The zero-order valence-electron chi connectivity index (χ0n) is 11.9. The van der Waals surface area contributed by atoms with Crippen LogP contribution in [0.5, 0.6) is 0 Å². The first-order chi connectivity index (χ1) is 9.57. The van der Waals surface area contributed by atoms with Gasteiger partial charge in [0.25, 0.3) is 0 Å². The first kappa shape index (κ1) is 19.2. The second kappa shape index (κ2) is 13.2. The second-order valence-electron chi connectivity index (χ2n) is 3.88. The molecule has 0 aromatic carbocycles. The summed E-state index contributed by atoms with van der Waals surface area (Å²) in [6.45, 7) is 3.94. The zero-order valence-corrected chi connectivity index (χ0v) is 12.7. The topological polar surface area (TPSA) is 94.1 Å². The lowest BCUT2D eigenvalue weighted by Gasteiger charge is -2.12. The van der Waals surface area contributed by atoms with Crippen LogP contribution >= 0.6 is 11.8 Å². The highest BCUT2D eigenvalue weighted by molar-refractivity contribution is 7.99. The average Bonchev–Trinajstić information content (AvgIpc) is 2.39. The minimum Gasteiger partial charge on any atom is -0.480 e.